The molecule has 15 heavy (non-hydrogen) atoms. The van der Waals surface area contributed by atoms with E-state index in [0.717, 1.165) is 32.2 Å². The predicted molar refractivity (Wildman–Crippen MR) is 66.3 cm³/mol. The van der Waals surface area contributed by atoms with Gasteiger partial charge >= 0.3 is 0 Å². The summed E-state index contributed by atoms with van der Waals surface area (Å²) in [6.45, 7) is 10.7. The average molecular weight is 216 g/mol. The van der Waals surface area contributed by atoms with Crippen LogP contribution < -0.4 is 5.32 Å². The van der Waals surface area contributed by atoms with E-state index < -0.39 is 0 Å². The molecule has 0 rings (SSSR count). The molecule has 0 aromatic rings. The first-order valence-electron chi connectivity index (χ1n) is 6.06. The SMILES string of the molecule is CCNC(CN(C)CCOC)C(C)CC. The summed E-state index contributed by atoms with van der Waals surface area (Å²) in [5, 5.41) is 3.56. The molecule has 3 nitrogen and oxygen atoms in total. The smallest absolute Gasteiger partial charge is 0.0589 e. The van der Waals surface area contributed by atoms with Crippen LogP contribution in [0.1, 0.15) is 27.2 Å². The maximum absolute atomic E-state index is 5.08. The van der Waals surface area contributed by atoms with Crippen LogP contribution in [0.25, 0.3) is 0 Å². The van der Waals surface area contributed by atoms with Crippen LogP contribution in [0.15, 0.2) is 0 Å². The lowest BCUT2D eigenvalue weighted by atomic mass is 9.99. The third-order valence-electron chi connectivity index (χ3n) is 2.98. The second kappa shape index (κ2) is 9.13. The summed E-state index contributed by atoms with van der Waals surface area (Å²) >= 11 is 0. The molecule has 0 amide bonds. The van der Waals surface area contributed by atoms with Crippen molar-refractivity contribution in [2.24, 2.45) is 5.92 Å². The van der Waals surface area contributed by atoms with Crippen molar-refractivity contribution in [3.8, 4) is 0 Å². The summed E-state index contributed by atoms with van der Waals surface area (Å²) in [6.07, 6.45) is 1.23. The molecule has 0 saturated carbocycles. The van der Waals surface area contributed by atoms with Crippen molar-refractivity contribution < 1.29 is 4.74 Å². The number of rotatable bonds is 9. The Balaban J connectivity index is 3.91. The second-order valence-corrected chi connectivity index (χ2v) is 4.30. The first-order valence-corrected chi connectivity index (χ1v) is 6.06. The molecule has 0 fully saturated rings. The van der Waals surface area contributed by atoms with Crippen LogP contribution >= 0.6 is 0 Å². The summed E-state index contributed by atoms with van der Waals surface area (Å²) in [7, 11) is 3.91. The van der Waals surface area contributed by atoms with Gasteiger partial charge in [-0.15, -0.1) is 0 Å². The number of hydrogen-bond donors (Lipinski definition) is 1. The van der Waals surface area contributed by atoms with Crippen molar-refractivity contribution in [1.82, 2.24) is 10.2 Å². The van der Waals surface area contributed by atoms with Gasteiger partial charge in [0.2, 0.25) is 0 Å². The minimum atomic E-state index is 0.599. The van der Waals surface area contributed by atoms with Gasteiger partial charge in [0.1, 0.15) is 0 Å². The Kier molecular flexibility index (Phi) is 9.06. The zero-order chi connectivity index (χ0) is 11.7. The van der Waals surface area contributed by atoms with E-state index in [0.29, 0.717) is 6.04 Å². The van der Waals surface area contributed by atoms with Crippen LogP contribution in [-0.2, 0) is 4.74 Å². The normalized spacial score (nSPS) is 15.6. The maximum atomic E-state index is 5.08. The fraction of sp³-hybridized carbons (Fsp3) is 1.00. The molecular weight excluding hydrogens is 188 g/mol. The van der Waals surface area contributed by atoms with Crippen molar-refractivity contribution in [2.75, 3.05) is 40.4 Å². The minimum Gasteiger partial charge on any atom is -0.383 e. The van der Waals surface area contributed by atoms with E-state index in [4.69, 9.17) is 4.74 Å². The third kappa shape index (κ3) is 6.88. The van der Waals surface area contributed by atoms with E-state index in [1.165, 1.54) is 6.42 Å². The molecule has 0 aromatic heterocycles. The molecule has 0 radical (unpaired) electrons. The van der Waals surface area contributed by atoms with Crippen molar-refractivity contribution in [3.05, 3.63) is 0 Å². The average Bonchev–Trinajstić information content (AvgIpc) is 2.24. The van der Waals surface area contributed by atoms with Gasteiger partial charge in [0.05, 0.1) is 6.61 Å². The fourth-order valence-electron chi connectivity index (χ4n) is 1.67. The minimum absolute atomic E-state index is 0.599. The Morgan fingerprint density at radius 2 is 2.00 bits per heavy atom. The first kappa shape index (κ1) is 14.9. The molecule has 92 valence electrons. The monoisotopic (exact) mass is 216 g/mol. The van der Waals surface area contributed by atoms with Crippen molar-refractivity contribution in [3.63, 3.8) is 0 Å². The van der Waals surface area contributed by atoms with Crippen LogP contribution in [0.4, 0.5) is 0 Å². The zero-order valence-electron chi connectivity index (χ0n) is 11.0. The summed E-state index contributed by atoms with van der Waals surface area (Å²) in [6, 6.07) is 0.599. The van der Waals surface area contributed by atoms with E-state index in [1.807, 2.05) is 0 Å². The molecule has 0 saturated heterocycles. The first-order chi connectivity index (χ1) is 7.15. The van der Waals surface area contributed by atoms with E-state index in [2.05, 4.69) is 38.0 Å². The molecular formula is C12H28N2O. The second-order valence-electron chi connectivity index (χ2n) is 4.30. The summed E-state index contributed by atoms with van der Waals surface area (Å²) in [5.41, 5.74) is 0. The Bertz CT molecular complexity index is 142. The molecule has 0 heterocycles. The molecule has 0 aliphatic heterocycles. The van der Waals surface area contributed by atoms with Crippen LogP contribution in [0.2, 0.25) is 0 Å². The summed E-state index contributed by atoms with van der Waals surface area (Å²) < 4.78 is 5.08. The van der Waals surface area contributed by atoms with E-state index >= 15 is 0 Å². The van der Waals surface area contributed by atoms with Crippen molar-refractivity contribution in [1.29, 1.82) is 0 Å². The number of ether oxygens (including phenoxy) is 1. The van der Waals surface area contributed by atoms with E-state index in [9.17, 15) is 0 Å². The lowest BCUT2D eigenvalue weighted by Gasteiger charge is -2.28. The van der Waals surface area contributed by atoms with Gasteiger partial charge in [-0.3, -0.25) is 0 Å². The third-order valence-corrected chi connectivity index (χ3v) is 2.98. The maximum Gasteiger partial charge on any atom is 0.0589 e. The predicted octanol–water partition coefficient (Wildman–Crippen LogP) is 1.59. The molecule has 0 aliphatic rings. The van der Waals surface area contributed by atoms with Gasteiger partial charge in [-0.2, -0.15) is 0 Å². The standard InChI is InChI=1S/C12H28N2O/c1-6-11(3)12(13-7-2)10-14(4)8-9-15-5/h11-13H,6-10H2,1-5H3. The highest BCUT2D eigenvalue weighted by molar-refractivity contribution is 4.75. The van der Waals surface area contributed by atoms with E-state index in [-0.39, 0.29) is 0 Å². The summed E-state index contributed by atoms with van der Waals surface area (Å²) in [4.78, 5) is 2.34. The number of nitrogens with one attached hydrogen (secondary N) is 1. The van der Waals surface area contributed by atoms with Gasteiger partial charge in [-0.05, 0) is 19.5 Å². The lowest BCUT2D eigenvalue weighted by molar-refractivity contribution is 0.149. The van der Waals surface area contributed by atoms with Gasteiger partial charge in [0, 0.05) is 26.2 Å². The topological polar surface area (TPSA) is 24.5 Å². The number of likely N-dealkylation sites (N-methyl/N-ethyl adjacent to an activating group) is 2. The largest absolute Gasteiger partial charge is 0.383 e. The molecule has 0 bridgehead atoms. The molecule has 0 spiro atoms. The summed E-state index contributed by atoms with van der Waals surface area (Å²) in [5.74, 6) is 0.731. The van der Waals surface area contributed by atoms with Crippen LogP contribution in [-0.4, -0.2) is 51.3 Å². The Morgan fingerprint density at radius 3 is 2.47 bits per heavy atom. The molecule has 0 aromatic carbocycles. The lowest BCUT2D eigenvalue weighted by Crippen LogP contribution is -2.44. The van der Waals surface area contributed by atoms with Crippen molar-refractivity contribution in [2.45, 2.75) is 33.2 Å². The molecule has 0 aliphatic carbocycles. The molecule has 3 heteroatoms. The van der Waals surface area contributed by atoms with Crippen LogP contribution in [0, 0.1) is 5.92 Å². The number of nitrogens with zero attached hydrogens (tertiary/aromatic N) is 1. The zero-order valence-corrected chi connectivity index (χ0v) is 11.0. The molecule has 1 N–H and O–H groups in total. The highest BCUT2D eigenvalue weighted by Crippen LogP contribution is 2.08. The highest BCUT2D eigenvalue weighted by atomic mass is 16.5. The van der Waals surface area contributed by atoms with Gasteiger partial charge in [0.25, 0.3) is 0 Å². The van der Waals surface area contributed by atoms with Crippen LogP contribution in [0.5, 0.6) is 0 Å². The van der Waals surface area contributed by atoms with Gasteiger partial charge in [-0.25, -0.2) is 0 Å². The van der Waals surface area contributed by atoms with Gasteiger partial charge < -0.3 is 15.0 Å². The molecule has 2 unspecified atom stereocenters. The van der Waals surface area contributed by atoms with Crippen molar-refractivity contribution >= 4 is 0 Å². The molecule has 2 atom stereocenters. The Morgan fingerprint density at radius 1 is 1.33 bits per heavy atom. The Hall–Kier alpha value is -0.120. The number of hydrogen-bond acceptors (Lipinski definition) is 3. The van der Waals surface area contributed by atoms with Crippen LogP contribution in [0.3, 0.4) is 0 Å². The quantitative estimate of drug-likeness (QED) is 0.633. The highest BCUT2D eigenvalue weighted by Gasteiger charge is 2.16. The van der Waals surface area contributed by atoms with E-state index in [1.54, 1.807) is 7.11 Å². The fourth-order valence-corrected chi connectivity index (χ4v) is 1.67. The Labute approximate surface area is 95.2 Å². The number of methoxy groups -OCH3 is 1. The van der Waals surface area contributed by atoms with Gasteiger partial charge in [0.15, 0.2) is 0 Å². The van der Waals surface area contributed by atoms with Gasteiger partial charge in [-0.1, -0.05) is 27.2 Å².